The Kier molecular flexibility index (Phi) is 4.66. The number of imidazole rings is 1. The molecule has 1 aromatic carbocycles. The molecule has 0 aliphatic carbocycles. The van der Waals surface area contributed by atoms with E-state index >= 15 is 0 Å². The van der Waals surface area contributed by atoms with Crippen molar-refractivity contribution in [2.45, 2.75) is 24.8 Å². The topological polar surface area (TPSA) is 49.2 Å². The molecule has 24 heavy (non-hydrogen) atoms. The van der Waals surface area contributed by atoms with Crippen molar-refractivity contribution in [3.63, 3.8) is 0 Å². The minimum Gasteiger partial charge on any atom is -0.497 e. The zero-order valence-electron chi connectivity index (χ0n) is 14.6. The van der Waals surface area contributed by atoms with Gasteiger partial charge in [-0.25, -0.2) is 4.98 Å². The highest BCUT2D eigenvalue weighted by atomic mass is 32.2. The molecular formula is C18H21N3O2S. The van der Waals surface area contributed by atoms with E-state index in [4.69, 9.17) is 14.5 Å². The van der Waals surface area contributed by atoms with Crippen molar-refractivity contribution >= 4 is 22.8 Å². The van der Waals surface area contributed by atoms with Crippen LogP contribution in [0.2, 0.25) is 0 Å². The lowest BCUT2D eigenvalue weighted by molar-refractivity contribution is 0.407. The third-order valence-electron chi connectivity index (χ3n) is 4.13. The van der Waals surface area contributed by atoms with Gasteiger partial charge in [-0.05, 0) is 26.0 Å². The van der Waals surface area contributed by atoms with E-state index in [1.807, 2.05) is 38.4 Å². The maximum atomic E-state index is 5.48. The number of aromatic nitrogens is 3. The second kappa shape index (κ2) is 6.73. The Morgan fingerprint density at radius 2 is 1.96 bits per heavy atom. The number of rotatable bonds is 5. The van der Waals surface area contributed by atoms with Crippen molar-refractivity contribution in [3.05, 3.63) is 41.2 Å². The number of nitrogens with zero attached hydrogens (tertiary/aromatic N) is 3. The van der Waals surface area contributed by atoms with E-state index in [1.165, 1.54) is 0 Å². The quantitative estimate of drug-likeness (QED) is 0.658. The average molecular weight is 343 g/mol. The molecule has 0 unspecified atom stereocenters. The van der Waals surface area contributed by atoms with Crippen molar-refractivity contribution in [1.82, 2.24) is 14.5 Å². The molecule has 0 bridgehead atoms. The summed E-state index contributed by atoms with van der Waals surface area (Å²) in [4.78, 5) is 9.27. The Morgan fingerprint density at radius 3 is 2.67 bits per heavy atom. The molecule has 0 fully saturated rings. The highest BCUT2D eigenvalue weighted by molar-refractivity contribution is 7.98. The molecule has 3 aromatic rings. The van der Waals surface area contributed by atoms with E-state index in [9.17, 15) is 0 Å². The van der Waals surface area contributed by atoms with Crippen LogP contribution in [0.5, 0.6) is 11.5 Å². The predicted molar refractivity (Wildman–Crippen MR) is 97.1 cm³/mol. The number of hydrogen-bond acceptors (Lipinski definition) is 5. The summed E-state index contributed by atoms with van der Waals surface area (Å²) in [6, 6.07) is 5.94. The summed E-state index contributed by atoms with van der Waals surface area (Å²) in [7, 11) is 5.39. The van der Waals surface area contributed by atoms with E-state index in [0.29, 0.717) is 0 Å². The van der Waals surface area contributed by atoms with Crippen LogP contribution in [0.4, 0.5) is 0 Å². The third kappa shape index (κ3) is 2.94. The highest BCUT2D eigenvalue weighted by Gasteiger charge is 2.13. The fraction of sp³-hybridized carbons (Fsp3) is 0.333. The van der Waals surface area contributed by atoms with Gasteiger partial charge in [0.1, 0.15) is 11.5 Å². The molecule has 6 heteroatoms. The second-order valence-electron chi connectivity index (χ2n) is 5.64. The summed E-state index contributed by atoms with van der Waals surface area (Å²) in [5, 5.41) is 0.957. The van der Waals surface area contributed by atoms with Crippen LogP contribution in [0.15, 0.2) is 29.6 Å². The predicted octanol–water partition coefficient (Wildman–Crippen LogP) is 3.89. The molecule has 3 rings (SSSR count). The van der Waals surface area contributed by atoms with Crippen LogP contribution in [-0.4, -0.2) is 28.8 Å². The van der Waals surface area contributed by atoms with Crippen molar-refractivity contribution < 1.29 is 9.47 Å². The molecule has 0 saturated carbocycles. The van der Waals surface area contributed by atoms with Gasteiger partial charge >= 0.3 is 0 Å². The first kappa shape index (κ1) is 16.6. The van der Waals surface area contributed by atoms with Crippen LogP contribution < -0.4 is 9.47 Å². The van der Waals surface area contributed by atoms with E-state index in [-0.39, 0.29) is 0 Å². The Morgan fingerprint density at radius 1 is 1.17 bits per heavy atom. The summed E-state index contributed by atoms with van der Waals surface area (Å²) in [5.74, 6) is 2.48. The first-order valence-electron chi connectivity index (χ1n) is 7.67. The minimum atomic E-state index is 0.747. The summed E-state index contributed by atoms with van der Waals surface area (Å²) in [6.45, 7) is 4.06. The third-order valence-corrected chi connectivity index (χ3v) is 5.18. The highest BCUT2D eigenvalue weighted by Crippen LogP contribution is 2.30. The van der Waals surface area contributed by atoms with E-state index in [1.54, 1.807) is 26.0 Å². The van der Waals surface area contributed by atoms with Gasteiger partial charge in [0.05, 0.1) is 30.9 Å². The van der Waals surface area contributed by atoms with Crippen LogP contribution in [0.1, 0.15) is 16.8 Å². The molecule has 0 N–H and O–H groups in total. The lowest BCUT2D eigenvalue weighted by Crippen LogP contribution is -1.99. The molecule has 0 radical (unpaired) electrons. The Balaban J connectivity index is 1.87. The van der Waals surface area contributed by atoms with Crippen molar-refractivity contribution in [1.29, 1.82) is 0 Å². The van der Waals surface area contributed by atoms with Gasteiger partial charge < -0.3 is 14.0 Å². The lowest BCUT2D eigenvalue weighted by atomic mass is 10.1. The Hall–Kier alpha value is -2.21. The summed E-state index contributed by atoms with van der Waals surface area (Å²) in [6.07, 6.45) is 1.86. The molecule has 2 heterocycles. The zero-order valence-corrected chi connectivity index (χ0v) is 15.4. The number of pyridine rings is 1. The molecule has 126 valence electrons. The van der Waals surface area contributed by atoms with Gasteiger partial charge in [0.2, 0.25) is 0 Å². The summed E-state index contributed by atoms with van der Waals surface area (Å²) in [5.41, 5.74) is 5.19. The molecule has 5 nitrogen and oxygen atoms in total. The fourth-order valence-corrected chi connectivity index (χ4v) is 3.77. The van der Waals surface area contributed by atoms with Gasteiger partial charge in [0, 0.05) is 36.2 Å². The van der Waals surface area contributed by atoms with Crippen LogP contribution >= 0.6 is 11.8 Å². The van der Waals surface area contributed by atoms with Crippen LogP contribution in [-0.2, 0) is 12.8 Å². The number of aryl methyl sites for hydroxylation is 2. The molecule has 0 saturated heterocycles. The van der Waals surface area contributed by atoms with Gasteiger partial charge in [-0.3, -0.25) is 4.98 Å². The standard InChI is InChI=1S/C18H21N3O2S/c1-11-9-19-15(12(2)17(11)23-5)10-24-18-20-14-8-13(22-4)6-7-16(14)21(18)3/h6-9H,10H2,1-5H3. The smallest absolute Gasteiger partial charge is 0.169 e. The number of benzene rings is 1. The number of methoxy groups -OCH3 is 2. The van der Waals surface area contributed by atoms with Crippen molar-refractivity contribution in [2.24, 2.45) is 7.05 Å². The molecule has 0 aliphatic rings. The molecule has 0 atom stereocenters. The van der Waals surface area contributed by atoms with Crippen LogP contribution in [0, 0.1) is 13.8 Å². The summed E-state index contributed by atoms with van der Waals surface area (Å²) < 4.78 is 12.9. The maximum absolute atomic E-state index is 5.48. The molecule has 0 aliphatic heterocycles. The lowest BCUT2D eigenvalue weighted by Gasteiger charge is -2.11. The Labute approximate surface area is 146 Å². The van der Waals surface area contributed by atoms with E-state index in [2.05, 4.69) is 16.5 Å². The molecular weight excluding hydrogens is 322 g/mol. The SMILES string of the molecule is COc1ccc2c(c1)nc(SCc1ncc(C)c(OC)c1C)n2C. The largest absolute Gasteiger partial charge is 0.497 e. The number of ether oxygens (including phenoxy) is 2. The number of hydrogen-bond donors (Lipinski definition) is 0. The number of fused-ring (bicyclic) bond motifs is 1. The van der Waals surface area contributed by atoms with Gasteiger partial charge in [-0.15, -0.1) is 0 Å². The van der Waals surface area contributed by atoms with Gasteiger partial charge in [0.15, 0.2) is 5.16 Å². The monoisotopic (exact) mass is 343 g/mol. The average Bonchev–Trinajstić information content (AvgIpc) is 2.90. The zero-order chi connectivity index (χ0) is 17.3. The van der Waals surface area contributed by atoms with Crippen LogP contribution in [0.3, 0.4) is 0 Å². The summed E-state index contributed by atoms with van der Waals surface area (Å²) >= 11 is 1.67. The molecule has 2 aromatic heterocycles. The fourth-order valence-electron chi connectivity index (χ4n) is 2.76. The Bertz CT molecular complexity index is 890. The van der Waals surface area contributed by atoms with Gasteiger partial charge in [-0.2, -0.15) is 0 Å². The minimum absolute atomic E-state index is 0.747. The molecule has 0 spiro atoms. The van der Waals surface area contributed by atoms with Crippen molar-refractivity contribution in [2.75, 3.05) is 14.2 Å². The normalized spacial score (nSPS) is 11.0. The van der Waals surface area contributed by atoms with Crippen molar-refractivity contribution in [3.8, 4) is 11.5 Å². The van der Waals surface area contributed by atoms with E-state index in [0.717, 1.165) is 50.3 Å². The number of thioether (sulfide) groups is 1. The second-order valence-corrected chi connectivity index (χ2v) is 6.59. The van der Waals surface area contributed by atoms with Gasteiger partial charge in [0.25, 0.3) is 0 Å². The van der Waals surface area contributed by atoms with E-state index < -0.39 is 0 Å². The first-order valence-corrected chi connectivity index (χ1v) is 8.66. The van der Waals surface area contributed by atoms with Gasteiger partial charge in [-0.1, -0.05) is 11.8 Å². The van der Waals surface area contributed by atoms with Crippen LogP contribution in [0.25, 0.3) is 11.0 Å². The maximum Gasteiger partial charge on any atom is 0.169 e. The first-order chi connectivity index (χ1) is 11.5. The molecule has 0 amide bonds.